The van der Waals surface area contributed by atoms with E-state index in [9.17, 15) is 0 Å². The summed E-state index contributed by atoms with van der Waals surface area (Å²) in [5.74, 6) is 0. The van der Waals surface area contributed by atoms with E-state index in [1.807, 2.05) is 12.4 Å². The van der Waals surface area contributed by atoms with Crippen molar-refractivity contribution < 1.29 is 0 Å². The first-order valence-corrected chi connectivity index (χ1v) is 7.96. The van der Waals surface area contributed by atoms with E-state index >= 15 is 0 Å². The lowest BCUT2D eigenvalue weighted by atomic mass is 10.2. The molecule has 3 aromatic rings. The summed E-state index contributed by atoms with van der Waals surface area (Å²) in [6.07, 6.45) is 4.98. The van der Waals surface area contributed by atoms with Gasteiger partial charge in [-0.3, -0.25) is 9.58 Å². The molecule has 1 unspecified atom stereocenters. The molecular formula is C15H18ClN5S. The number of aromatic nitrogens is 3. The second-order valence-electron chi connectivity index (χ2n) is 5.49. The molecule has 5 nitrogen and oxygen atoms in total. The fourth-order valence-electron chi connectivity index (χ4n) is 3.05. The van der Waals surface area contributed by atoms with Gasteiger partial charge in [0.1, 0.15) is 0 Å². The number of halogens is 1. The van der Waals surface area contributed by atoms with E-state index in [0.717, 1.165) is 26.1 Å². The van der Waals surface area contributed by atoms with Crippen LogP contribution in [0.15, 0.2) is 36.7 Å². The third-order valence-corrected chi connectivity index (χ3v) is 4.86. The third kappa shape index (κ3) is 2.82. The molecule has 0 aliphatic carbocycles. The Morgan fingerprint density at radius 3 is 2.95 bits per heavy atom. The topological polar surface area (TPSA) is 60.0 Å². The summed E-state index contributed by atoms with van der Waals surface area (Å²) in [6.45, 7) is 3.06. The summed E-state index contributed by atoms with van der Waals surface area (Å²) in [4.78, 5) is 7.81. The number of nitrogens with two attached hydrogens (primary N) is 1. The van der Waals surface area contributed by atoms with Crippen molar-refractivity contribution >= 4 is 39.8 Å². The van der Waals surface area contributed by atoms with E-state index in [1.54, 1.807) is 11.3 Å². The average molecular weight is 336 g/mol. The molecule has 116 valence electrons. The minimum atomic E-state index is 0. The van der Waals surface area contributed by atoms with Crippen molar-refractivity contribution in [2.45, 2.75) is 19.0 Å². The first-order chi connectivity index (χ1) is 10.3. The van der Waals surface area contributed by atoms with Crippen molar-refractivity contribution in [1.82, 2.24) is 19.7 Å². The number of hydrogen-bond donors (Lipinski definition) is 1. The first-order valence-electron chi connectivity index (χ1n) is 7.14. The molecule has 1 saturated heterocycles. The summed E-state index contributed by atoms with van der Waals surface area (Å²) in [5, 5.41) is 6.45. The van der Waals surface area contributed by atoms with Crippen LogP contribution in [0.2, 0.25) is 0 Å². The van der Waals surface area contributed by atoms with Gasteiger partial charge in [-0.1, -0.05) is 18.2 Å². The lowest BCUT2D eigenvalue weighted by Gasteiger charge is -2.15. The largest absolute Gasteiger partial charge is 0.375 e. The van der Waals surface area contributed by atoms with Gasteiger partial charge in [0.2, 0.25) is 0 Å². The van der Waals surface area contributed by atoms with Gasteiger partial charge in [-0.05, 0) is 12.5 Å². The monoisotopic (exact) mass is 335 g/mol. The Balaban J connectivity index is 0.00000144. The van der Waals surface area contributed by atoms with Crippen LogP contribution < -0.4 is 5.73 Å². The van der Waals surface area contributed by atoms with Crippen molar-refractivity contribution in [1.29, 1.82) is 0 Å². The highest BCUT2D eigenvalue weighted by Crippen LogP contribution is 2.27. The fourth-order valence-corrected chi connectivity index (χ4v) is 3.78. The summed E-state index contributed by atoms with van der Waals surface area (Å²) in [6, 6.07) is 8.85. The fraction of sp³-hybridized carbons (Fsp3) is 0.333. The molecule has 1 atom stereocenters. The van der Waals surface area contributed by atoms with Gasteiger partial charge in [0.25, 0.3) is 0 Å². The maximum atomic E-state index is 5.69. The van der Waals surface area contributed by atoms with E-state index in [0.29, 0.717) is 11.2 Å². The summed E-state index contributed by atoms with van der Waals surface area (Å²) >= 11 is 1.58. The summed E-state index contributed by atoms with van der Waals surface area (Å²) < 4.78 is 2.18. The van der Waals surface area contributed by atoms with Crippen LogP contribution in [-0.2, 0) is 6.54 Å². The van der Waals surface area contributed by atoms with Crippen LogP contribution in [0.1, 0.15) is 17.3 Å². The second-order valence-corrected chi connectivity index (χ2v) is 6.64. The number of likely N-dealkylation sites (tertiary alicyclic amines) is 1. The second kappa shape index (κ2) is 6.24. The molecule has 22 heavy (non-hydrogen) atoms. The van der Waals surface area contributed by atoms with Crippen LogP contribution in [-0.4, -0.2) is 32.8 Å². The molecule has 0 spiro atoms. The highest BCUT2D eigenvalue weighted by atomic mass is 35.5. The van der Waals surface area contributed by atoms with Gasteiger partial charge >= 0.3 is 0 Å². The van der Waals surface area contributed by atoms with Crippen molar-refractivity contribution in [3.63, 3.8) is 0 Å². The Morgan fingerprint density at radius 2 is 2.14 bits per heavy atom. The normalized spacial score (nSPS) is 18.6. The number of fused-ring (bicyclic) bond motifs is 1. The Kier molecular flexibility index (Phi) is 4.33. The van der Waals surface area contributed by atoms with Gasteiger partial charge in [-0.2, -0.15) is 5.10 Å². The van der Waals surface area contributed by atoms with E-state index < -0.39 is 0 Å². The number of hydrogen-bond acceptors (Lipinski definition) is 5. The molecule has 0 bridgehead atoms. The quantitative estimate of drug-likeness (QED) is 0.799. The summed E-state index contributed by atoms with van der Waals surface area (Å²) in [7, 11) is 0. The van der Waals surface area contributed by atoms with Gasteiger partial charge in [0.05, 0.1) is 17.8 Å². The minimum Gasteiger partial charge on any atom is -0.375 e. The van der Waals surface area contributed by atoms with Gasteiger partial charge in [0.15, 0.2) is 5.13 Å². The van der Waals surface area contributed by atoms with Crippen LogP contribution in [0.25, 0.3) is 10.9 Å². The van der Waals surface area contributed by atoms with Crippen molar-refractivity contribution in [3.05, 3.63) is 41.5 Å². The molecule has 1 aliphatic rings. The average Bonchev–Trinajstić information content (AvgIpc) is 3.19. The van der Waals surface area contributed by atoms with Gasteiger partial charge in [-0.15, -0.1) is 23.7 Å². The molecule has 1 aromatic carbocycles. The molecule has 0 radical (unpaired) electrons. The van der Waals surface area contributed by atoms with Gasteiger partial charge in [-0.25, -0.2) is 4.98 Å². The van der Waals surface area contributed by atoms with E-state index in [1.165, 1.54) is 15.8 Å². The first kappa shape index (κ1) is 15.3. The predicted molar refractivity (Wildman–Crippen MR) is 92.4 cm³/mol. The smallest absolute Gasteiger partial charge is 0.180 e. The molecule has 2 N–H and O–H groups in total. The lowest BCUT2D eigenvalue weighted by Crippen LogP contribution is -2.21. The number of nitrogens with zero attached hydrogens (tertiary/aromatic N) is 4. The number of nitrogen functional groups attached to an aromatic ring is 1. The molecule has 4 rings (SSSR count). The molecule has 1 aliphatic heterocycles. The third-order valence-electron chi connectivity index (χ3n) is 4.05. The van der Waals surface area contributed by atoms with Crippen molar-refractivity contribution in [2.75, 3.05) is 18.8 Å². The van der Waals surface area contributed by atoms with Gasteiger partial charge in [0, 0.05) is 36.1 Å². The summed E-state index contributed by atoms with van der Waals surface area (Å²) in [5.41, 5.74) is 6.92. The highest BCUT2D eigenvalue weighted by molar-refractivity contribution is 7.15. The SMILES string of the molecule is Cl.Nc1ncc(CN2CCC(n3ncc4ccccc43)C2)s1. The highest BCUT2D eigenvalue weighted by Gasteiger charge is 2.25. The Bertz CT molecular complexity index is 768. The molecule has 2 aromatic heterocycles. The van der Waals surface area contributed by atoms with Crippen LogP contribution in [0.5, 0.6) is 0 Å². The van der Waals surface area contributed by atoms with Crippen molar-refractivity contribution in [3.8, 4) is 0 Å². The Morgan fingerprint density at radius 1 is 1.27 bits per heavy atom. The van der Waals surface area contributed by atoms with Crippen LogP contribution in [0, 0.1) is 0 Å². The number of benzene rings is 1. The number of anilines is 1. The molecule has 7 heteroatoms. The van der Waals surface area contributed by atoms with E-state index in [2.05, 4.69) is 43.9 Å². The lowest BCUT2D eigenvalue weighted by molar-refractivity contribution is 0.316. The number of thiazole rings is 1. The van der Waals surface area contributed by atoms with Crippen molar-refractivity contribution in [2.24, 2.45) is 0 Å². The zero-order valence-electron chi connectivity index (χ0n) is 12.1. The van der Waals surface area contributed by atoms with Crippen LogP contribution in [0.3, 0.4) is 0 Å². The Labute approximate surface area is 139 Å². The maximum Gasteiger partial charge on any atom is 0.180 e. The maximum absolute atomic E-state index is 5.69. The zero-order valence-corrected chi connectivity index (χ0v) is 13.7. The number of rotatable bonds is 3. The predicted octanol–water partition coefficient (Wildman–Crippen LogP) is 2.94. The van der Waals surface area contributed by atoms with Crippen LogP contribution >= 0.6 is 23.7 Å². The standard InChI is InChI=1S/C15H17N5S.ClH/c16-15-17-8-13(21-15)10-19-6-5-12(9-19)20-14-4-2-1-3-11(14)7-18-20;/h1-4,7-8,12H,5-6,9-10H2,(H2,16,17);1H. The van der Waals surface area contributed by atoms with E-state index in [-0.39, 0.29) is 12.4 Å². The molecule has 3 heterocycles. The van der Waals surface area contributed by atoms with Gasteiger partial charge < -0.3 is 5.73 Å². The zero-order chi connectivity index (χ0) is 14.2. The molecule has 1 fully saturated rings. The molecular weight excluding hydrogens is 318 g/mol. The molecule has 0 saturated carbocycles. The Hall–Kier alpha value is -1.63. The van der Waals surface area contributed by atoms with Crippen LogP contribution in [0.4, 0.5) is 5.13 Å². The minimum absolute atomic E-state index is 0. The molecule has 0 amide bonds. The van der Waals surface area contributed by atoms with E-state index in [4.69, 9.17) is 5.73 Å². The number of para-hydroxylation sites is 1.